The fraction of sp³-hybridized carbons (Fsp3) is 0.556. The molecule has 0 aliphatic carbocycles. The maximum atomic E-state index is 13.4. The summed E-state index contributed by atoms with van der Waals surface area (Å²) in [6.07, 6.45) is 2.44. The van der Waals surface area contributed by atoms with Gasteiger partial charge in [-0.25, -0.2) is 0 Å². The Kier molecular flexibility index (Phi) is 9.59. The highest BCUT2D eigenvalue weighted by atomic mass is 35.5. The molecule has 0 unspecified atom stereocenters. The molecular weight excluding hydrogens is 434 g/mol. The van der Waals surface area contributed by atoms with Gasteiger partial charge >= 0.3 is 0 Å². The van der Waals surface area contributed by atoms with Gasteiger partial charge in [-0.1, -0.05) is 64.4 Å². The van der Waals surface area contributed by atoms with Crippen LogP contribution in [0.25, 0.3) is 0 Å². The van der Waals surface area contributed by atoms with E-state index in [1.807, 2.05) is 82.1 Å². The van der Waals surface area contributed by atoms with Crippen molar-refractivity contribution < 1.29 is 9.59 Å². The molecule has 0 bridgehead atoms. The molecule has 0 spiro atoms. The second-order valence-electron chi connectivity index (χ2n) is 10.7. The molecule has 1 heterocycles. The van der Waals surface area contributed by atoms with Gasteiger partial charge in [0.2, 0.25) is 11.8 Å². The van der Waals surface area contributed by atoms with Gasteiger partial charge in [0, 0.05) is 42.5 Å². The molecule has 2 rings (SSSR count). The average Bonchev–Trinajstić information content (AvgIpc) is 3.11. The van der Waals surface area contributed by atoms with E-state index < -0.39 is 0 Å². The Bertz CT molecular complexity index is 927. The maximum Gasteiger partial charge on any atom is 0.242 e. The summed E-state index contributed by atoms with van der Waals surface area (Å²) in [5, 5.41) is 0.734. The number of carbonyl (C=O) groups is 2. The second kappa shape index (κ2) is 11.7. The fourth-order valence-electron chi connectivity index (χ4n) is 3.81. The number of carbonyl (C=O) groups excluding carboxylic acids is 2. The topological polar surface area (TPSA) is 45.6 Å². The second-order valence-corrected chi connectivity index (χ2v) is 11.1. The molecule has 0 N–H and O–H groups in total. The van der Waals surface area contributed by atoms with Crippen LogP contribution >= 0.6 is 11.6 Å². The zero-order valence-electron chi connectivity index (χ0n) is 21.3. The smallest absolute Gasteiger partial charge is 0.242 e. The van der Waals surface area contributed by atoms with Crippen LogP contribution in [-0.2, 0) is 22.7 Å². The first-order chi connectivity index (χ1) is 15.4. The summed E-state index contributed by atoms with van der Waals surface area (Å²) in [5.41, 5.74) is 1.96. The Morgan fingerprint density at radius 2 is 1.67 bits per heavy atom. The number of hydrogen-bond acceptors (Lipinski definition) is 2. The SMILES string of the molecule is CC(C)CN(Cc1cccn1Cc1ccccc1Cl)C(=O)CN(C(=O)CC(C)(C)C)C(C)C. The van der Waals surface area contributed by atoms with E-state index in [1.165, 1.54) is 0 Å². The molecule has 0 atom stereocenters. The van der Waals surface area contributed by atoms with E-state index in [4.69, 9.17) is 11.6 Å². The van der Waals surface area contributed by atoms with Gasteiger partial charge in [-0.3, -0.25) is 9.59 Å². The number of rotatable bonds is 10. The predicted molar refractivity (Wildman–Crippen MR) is 136 cm³/mol. The zero-order chi connectivity index (χ0) is 24.8. The maximum absolute atomic E-state index is 13.4. The van der Waals surface area contributed by atoms with Crippen molar-refractivity contribution in [2.45, 2.75) is 74.0 Å². The van der Waals surface area contributed by atoms with Crippen molar-refractivity contribution >= 4 is 23.4 Å². The third-order valence-electron chi connectivity index (χ3n) is 5.44. The molecule has 5 nitrogen and oxygen atoms in total. The minimum Gasteiger partial charge on any atom is -0.345 e. The molecule has 0 saturated heterocycles. The van der Waals surface area contributed by atoms with Crippen molar-refractivity contribution in [2.75, 3.05) is 13.1 Å². The third kappa shape index (κ3) is 8.54. The lowest BCUT2D eigenvalue weighted by molar-refractivity contribution is -0.143. The molecule has 0 aliphatic heterocycles. The number of hydrogen-bond donors (Lipinski definition) is 0. The number of amides is 2. The van der Waals surface area contributed by atoms with Crippen LogP contribution in [-0.4, -0.2) is 45.3 Å². The Labute approximate surface area is 204 Å². The van der Waals surface area contributed by atoms with Crippen LogP contribution in [0.2, 0.25) is 5.02 Å². The molecule has 1 aromatic carbocycles. The van der Waals surface area contributed by atoms with Gasteiger partial charge in [-0.15, -0.1) is 0 Å². The van der Waals surface area contributed by atoms with Crippen molar-refractivity contribution in [2.24, 2.45) is 11.3 Å². The predicted octanol–water partition coefficient (Wildman–Crippen LogP) is 5.85. The highest BCUT2D eigenvalue weighted by Gasteiger charge is 2.27. The summed E-state index contributed by atoms with van der Waals surface area (Å²) in [7, 11) is 0. The van der Waals surface area contributed by atoms with Gasteiger partial charge < -0.3 is 14.4 Å². The average molecular weight is 474 g/mol. The lowest BCUT2D eigenvalue weighted by atomic mass is 9.91. The quantitative estimate of drug-likeness (QED) is 0.434. The first-order valence-corrected chi connectivity index (χ1v) is 12.2. The Hall–Kier alpha value is -2.27. The van der Waals surface area contributed by atoms with Crippen LogP contribution in [0.15, 0.2) is 42.6 Å². The normalized spacial score (nSPS) is 11.8. The Morgan fingerprint density at radius 1 is 1.00 bits per heavy atom. The number of aromatic nitrogens is 1. The van der Waals surface area contributed by atoms with Crippen LogP contribution in [0, 0.1) is 11.3 Å². The molecular formula is C27H40ClN3O2. The van der Waals surface area contributed by atoms with E-state index in [-0.39, 0.29) is 29.8 Å². The first-order valence-electron chi connectivity index (χ1n) is 11.8. The minimum atomic E-state index is -0.121. The lowest BCUT2D eigenvalue weighted by Gasteiger charge is -2.32. The summed E-state index contributed by atoms with van der Waals surface area (Å²) in [5.74, 6) is 0.321. The first kappa shape index (κ1) is 27.0. The molecule has 0 fully saturated rings. The number of benzene rings is 1. The van der Waals surface area contributed by atoms with E-state index in [9.17, 15) is 9.59 Å². The van der Waals surface area contributed by atoms with Crippen molar-refractivity contribution in [1.82, 2.24) is 14.4 Å². The van der Waals surface area contributed by atoms with Gasteiger partial charge in [-0.05, 0) is 48.9 Å². The van der Waals surface area contributed by atoms with Gasteiger partial charge in [0.1, 0.15) is 0 Å². The van der Waals surface area contributed by atoms with E-state index in [0.29, 0.717) is 32.0 Å². The van der Waals surface area contributed by atoms with Gasteiger partial charge in [0.05, 0.1) is 13.1 Å². The molecule has 6 heteroatoms. The van der Waals surface area contributed by atoms with Crippen molar-refractivity contribution in [3.8, 4) is 0 Å². The molecule has 33 heavy (non-hydrogen) atoms. The molecule has 0 saturated carbocycles. The van der Waals surface area contributed by atoms with Crippen LogP contribution < -0.4 is 0 Å². The highest BCUT2D eigenvalue weighted by Crippen LogP contribution is 2.22. The largest absolute Gasteiger partial charge is 0.345 e. The molecule has 2 aromatic rings. The Morgan fingerprint density at radius 3 is 2.24 bits per heavy atom. The summed E-state index contributed by atoms with van der Waals surface area (Å²) in [4.78, 5) is 29.9. The Balaban J connectivity index is 2.19. The van der Waals surface area contributed by atoms with Crippen LogP contribution in [0.3, 0.4) is 0 Å². The van der Waals surface area contributed by atoms with E-state index in [2.05, 4.69) is 18.4 Å². The standard InChI is InChI=1S/C27H40ClN3O2/c1-20(2)16-30(26(33)19-31(21(3)4)25(32)15-27(5,6)7)18-23-12-10-14-29(23)17-22-11-8-9-13-24(22)28/h8-14,20-21H,15-19H2,1-7H3. The van der Waals surface area contributed by atoms with Crippen LogP contribution in [0.4, 0.5) is 0 Å². The molecule has 1 aromatic heterocycles. The van der Waals surface area contributed by atoms with Crippen LogP contribution in [0.1, 0.15) is 66.1 Å². The van der Waals surface area contributed by atoms with E-state index in [0.717, 1.165) is 16.3 Å². The fourth-order valence-corrected chi connectivity index (χ4v) is 4.00. The molecule has 182 valence electrons. The highest BCUT2D eigenvalue weighted by molar-refractivity contribution is 6.31. The van der Waals surface area contributed by atoms with Crippen molar-refractivity contribution in [3.05, 3.63) is 58.9 Å². The van der Waals surface area contributed by atoms with Gasteiger partial charge in [0.15, 0.2) is 0 Å². The van der Waals surface area contributed by atoms with E-state index in [1.54, 1.807) is 4.90 Å². The summed E-state index contributed by atoms with van der Waals surface area (Å²) in [6.45, 7) is 16.2. The molecule has 0 radical (unpaired) electrons. The monoisotopic (exact) mass is 473 g/mol. The zero-order valence-corrected chi connectivity index (χ0v) is 22.0. The van der Waals surface area contributed by atoms with Crippen molar-refractivity contribution in [3.63, 3.8) is 0 Å². The number of halogens is 1. The van der Waals surface area contributed by atoms with E-state index >= 15 is 0 Å². The lowest BCUT2D eigenvalue weighted by Crippen LogP contribution is -2.47. The third-order valence-corrected chi connectivity index (χ3v) is 5.81. The summed E-state index contributed by atoms with van der Waals surface area (Å²) < 4.78 is 2.13. The molecule has 0 aliphatic rings. The minimum absolute atomic E-state index is 0.0230. The summed E-state index contributed by atoms with van der Waals surface area (Å²) in [6, 6.07) is 11.8. The molecule has 2 amide bonds. The number of nitrogens with zero attached hydrogens (tertiary/aromatic N) is 3. The van der Waals surface area contributed by atoms with Gasteiger partial charge in [0.25, 0.3) is 0 Å². The summed E-state index contributed by atoms with van der Waals surface area (Å²) >= 11 is 6.37. The van der Waals surface area contributed by atoms with Gasteiger partial charge in [-0.2, -0.15) is 0 Å². The van der Waals surface area contributed by atoms with Crippen molar-refractivity contribution in [1.29, 1.82) is 0 Å². The van der Waals surface area contributed by atoms with Crippen LogP contribution in [0.5, 0.6) is 0 Å².